The Morgan fingerprint density at radius 1 is 0.910 bits per heavy atom. The van der Waals surface area contributed by atoms with Gasteiger partial charge in [0, 0.05) is 85.8 Å². The minimum atomic E-state index is -4.36. The van der Waals surface area contributed by atoms with Crippen LogP contribution in [0.1, 0.15) is 95.2 Å². The number of nitrogens with one attached hydrogen (secondary N) is 3. The summed E-state index contributed by atoms with van der Waals surface area (Å²) in [4.78, 5) is 65.7. The zero-order chi connectivity index (χ0) is 46.8. The number of hydrogen-bond acceptors (Lipinski definition) is 9. The highest BCUT2D eigenvalue weighted by Crippen LogP contribution is 2.38. The third-order valence-electron chi connectivity index (χ3n) is 14.6. The number of H-pyrrole nitrogens is 1. The number of benzene rings is 3. The Balaban J connectivity index is 0.731. The van der Waals surface area contributed by atoms with Crippen molar-refractivity contribution in [2.24, 2.45) is 5.92 Å². The lowest BCUT2D eigenvalue weighted by atomic mass is 9.87. The van der Waals surface area contributed by atoms with Crippen LogP contribution in [0.2, 0.25) is 0 Å². The second kappa shape index (κ2) is 17.5. The highest BCUT2D eigenvalue weighted by atomic mass is 32.2. The Morgan fingerprint density at radius 2 is 1.67 bits per heavy atom. The Bertz CT molecular complexity index is 2920. The van der Waals surface area contributed by atoms with Gasteiger partial charge in [-0.2, -0.15) is 12.7 Å². The quantitative estimate of drug-likeness (QED) is 0.0967. The molecule has 0 aliphatic carbocycles. The van der Waals surface area contributed by atoms with Crippen molar-refractivity contribution in [1.82, 2.24) is 29.4 Å². The van der Waals surface area contributed by atoms with E-state index in [0.717, 1.165) is 91.7 Å². The molecule has 3 aromatic carbocycles. The highest BCUT2D eigenvalue weighted by molar-refractivity contribution is 7.90. The molecule has 1 unspecified atom stereocenters. The normalized spacial score (nSPS) is 22.4. The van der Waals surface area contributed by atoms with Crippen LogP contribution in [0.4, 0.5) is 24.5 Å². The third-order valence-corrected chi connectivity index (χ3v) is 16.1. The molecule has 0 spiro atoms. The van der Waals surface area contributed by atoms with Crippen LogP contribution in [-0.4, -0.2) is 114 Å². The van der Waals surface area contributed by atoms with Gasteiger partial charge in [-0.05, 0) is 123 Å². The molecule has 2 atom stereocenters. The molecule has 10 rings (SSSR count). The fourth-order valence-electron chi connectivity index (χ4n) is 10.5. The number of rotatable bonds is 11. The van der Waals surface area contributed by atoms with E-state index >= 15 is 8.78 Å². The number of ketones is 1. The summed E-state index contributed by atoms with van der Waals surface area (Å²) in [5, 5.41) is 2.75. The van der Waals surface area contributed by atoms with Crippen LogP contribution in [0.15, 0.2) is 73.1 Å². The number of hydrogen-bond donors (Lipinski definition) is 3. The van der Waals surface area contributed by atoms with Gasteiger partial charge in [0.2, 0.25) is 11.7 Å². The van der Waals surface area contributed by atoms with Gasteiger partial charge >= 0.3 is 10.2 Å². The molecule has 3 amide bonds. The van der Waals surface area contributed by atoms with Gasteiger partial charge in [-0.25, -0.2) is 18.2 Å². The molecular weight excluding hydrogens is 886 g/mol. The van der Waals surface area contributed by atoms with Crippen molar-refractivity contribution in [2.75, 3.05) is 55.4 Å². The molecule has 5 aliphatic heterocycles. The largest absolute Gasteiger partial charge is 0.372 e. The number of likely N-dealkylation sites (tertiary alicyclic amines) is 1. The minimum Gasteiger partial charge on any atom is -0.372 e. The number of nitrogens with zero attached hydrogens (tertiary/aromatic N) is 5. The minimum absolute atomic E-state index is 0.00430. The number of anilines is 2. The number of fused-ring (bicyclic) bond motifs is 2. The first-order valence-corrected chi connectivity index (χ1v) is 24.4. The SMILES string of the molecule is CC1(N2Cc3cc(C4CCN(CC5CCN(c6ccc(-c7cnc8[nH]cc(C(=O)c9c(F)ccc(NS(=O)(=O)N%10CC[C@@H](F)C%10)c9F)c8c7)cc6)CC5)CC4)ccc3C2=O)CCC(=O)NC1=O. The van der Waals surface area contributed by atoms with E-state index in [1.54, 1.807) is 24.1 Å². The van der Waals surface area contributed by atoms with E-state index in [2.05, 4.69) is 49.4 Å². The average Bonchev–Trinajstić information content (AvgIpc) is 4.06. The van der Waals surface area contributed by atoms with Crippen molar-refractivity contribution in [3.63, 3.8) is 0 Å². The molecule has 7 heterocycles. The van der Waals surface area contributed by atoms with Crippen LogP contribution in [0.25, 0.3) is 22.2 Å². The predicted molar refractivity (Wildman–Crippen MR) is 245 cm³/mol. The summed E-state index contributed by atoms with van der Waals surface area (Å²) in [6.45, 7) is 6.56. The van der Waals surface area contributed by atoms with Crippen LogP contribution in [0, 0.1) is 17.6 Å². The topological polar surface area (TPSA) is 168 Å². The maximum Gasteiger partial charge on any atom is 0.301 e. The Labute approximate surface area is 386 Å². The Morgan fingerprint density at radius 3 is 2.39 bits per heavy atom. The van der Waals surface area contributed by atoms with Crippen LogP contribution < -0.4 is 14.9 Å². The van der Waals surface area contributed by atoms with Crippen molar-refractivity contribution >= 4 is 56.1 Å². The standard InChI is InChI=1S/C49H51F3N8O6S/c1-49(16-10-42(61)55-48(49)64)60-27-34-22-32(4-7-37(34)47(60)63)31-13-17-57(18-14-31)26-29-11-19-58(20-12-29)36-5-2-30(3-6-36)33-23-38-39(25-54-46(38)53-24-33)45(62)43-40(51)8-9-41(44(43)52)56-67(65,66)59-21-15-35(50)28-59/h2-9,22-25,29,31,35,56H,10-21,26-28H2,1H3,(H,53,54)(H,55,61,64)/t35-,49?/m1/s1. The summed E-state index contributed by atoms with van der Waals surface area (Å²) in [7, 11) is -4.36. The van der Waals surface area contributed by atoms with E-state index in [-0.39, 0.29) is 43.3 Å². The van der Waals surface area contributed by atoms with E-state index in [0.29, 0.717) is 47.0 Å². The van der Waals surface area contributed by atoms with Gasteiger partial charge in [0.25, 0.3) is 11.8 Å². The fraction of sp³-hybridized carbons (Fsp3) is 0.408. The Kier molecular flexibility index (Phi) is 11.7. The van der Waals surface area contributed by atoms with Crippen LogP contribution >= 0.6 is 0 Å². The maximum atomic E-state index is 15.8. The summed E-state index contributed by atoms with van der Waals surface area (Å²) in [6, 6.07) is 17.6. The van der Waals surface area contributed by atoms with Gasteiger partial charge in [0.05, 0.1) is 11.3 Å². The van der Waals surface area contributed by atoms with E-state index in [9.17, 15) is 32.0 Å². The second-order valence-electron chi connectivity index (χ2n) is 18.8. The number of halogens is 3. The molecule has 5 aromatic rings. The van der Waals surface area contributed by atoms with E-state index in [4.69, 9.17) is 0 Å². The van der Waals surface area contributed by atoms with Gasteiger partial charge in [0.15, 0.2) is 5.82 Å². The highest BCUT2D eigenvalue weighted by Gasteiger charge is 2.48. The number of imide groups is 1. The molecule has 14 nitrogen and oxygen atoms in total. The number of pyridine rings is 1. The smallest absolute Gasteiger partial charge is 0.301 e. The van der Waals surface area contributed by atoms with E-state index in [1.807, 2.05) is 22.9 Å². The van der Waals surface area contributed by atoms with Crippen molar-refractivity contribution in [1.29, 1.82) is 0 Å². The molecule has 5 aliphatic rings. The molecule has 4 fully saturated rings. The first kappa shape index (κ1) is 44.7. The molecule has 350 valence electrons. The molecule has 18 heteroatoms. The average molecular weight is 937 g/mol. The monoisotopic (exact) mass is 936 g/mol. The lowest BCUT2D eigenvalue weighted by Crippen LogP contribution is -2.61. The van der Waals surface area contributed by atoms with Crippen LogP contribution in [-0.2, 0) is 26.3 Å². The van der Waals surface area contributed by atoms with Gasteiger partial charge in [0.1, 0.15) is 23.2 Å². The predicted octanol–water partition coefficient (Wildman–Crippen LogP) is 6.69. The fourth-order valence-corrected chi connectivity index (χ4v) is 11.8. The first-order chi connectivity index (χ1) is 32.1. The lowest BCUT2D eigenvalue weighted by Gasteiger charge is -2.39. The first-order valence-electron chi connectivity index (χ1n) is 22.9. The number of aromatic nitrogens is 2. The number of amides is 3. The summed E-state index contributed by atoms with van der Waals surface area (Å²) < 4.78 is 73.2. The Hall–Kier alpha value is -6.11. The molecular formula is C49H51F3N8O6S. The van der Waals surface area contributed by atoms with Crippen LogP contribution in [0.3, 0.4) is 0 Å². The van der Waals surface area contributed by atoms with E-state index in [1.165, 1.54) is 11.8 Å². The van der Waals surface area contributed by atoms with E-state index < -0.39 is 56.5 Å². The van der Waals surface area contributed by atoms with Crippen molar-refractivity contribution in [3.8, 4) is 11.1 Å². The third kappa shape index (κ3) is 8.48. The second-order valence-corrected chi connectivity index (χ2v) is 20.5. The van der Waals surface area contributed by atoms with Crippen molar-refractivity contribution < 1.29 is 40.8 Å². The number of piperidine rings is 3. The summed E-state index contributed by atoms with van der Waals surface area (Å²) in [6.07, 6.45) is 6.37. The number of alkyl halides is 1. The zero-order valence-corrected chi connectivity index (χ0v) is 37.8. The number of aromatic amines is 1. The van der Waals surface area contributed by atoms with Gasteiger partial charge in [-0.1, -0.05) is 24.3 Å². The summed E-state index contributed by atoms with van der Waals surface area (Å²) >= 11 is 0. The van der Waals surface area contributed by atoms with Crippen LogP contribution in [0.5, 0.6) is 0 Å². The molecule has 2 aromatic heterocycles. The summed E-state index contributed by atoms with van der Waals surface area (Å²) in [5.74, 6) is -3.43. The molecule has 3 N–H and O–H groups in total. The molecule has 0 saturated carbocycles. The molecule has 0 bridgehead atoms. The molecule has 67 heavy (non-hydrogen) atoms. The number of carbonyl (C=O) groups excluding carboxylic acids is 4. The number of carbonyl (C=O) groups is 4. The maximum absolute atomic E-state index is 15.8. The van der Waals surface area contributed by atoms with Gasteiger partial charge < -0.3 is 19.7 Å². The molecule has 4 saturated heterocycles. The summed E-state index contributed by atoms with van der Waals surface area (Å²) in [5.41, 5.74) is 3.11. The molecule has 0 radical (unpaired) electrons. The van der Waals surface area contributed by atoms with Crippen molar-refractivity contribution in [2.45, 2.75) is 76.0 Å². The zero-order valence-electron chi connectivity index (χ0n) is 37.0. The lowest BCUT2D eigenvalue weighted by molar-refractivity contribution is -0.142. The van der Waals surface area contributed by atoms with Crippen molar-refractivity contribution in [3.05, 3.63) is 113 Å². The van der Waals surface area contributed by atoms with Gasteiger partial charge in [-0.15, -0.1) is 0 Å². The van der Waals surface area contributed by atoms with Gasteiger partial charge in [-0.3, -0.25) is 29.2 Å².